The molecule has 1 fully saturated rings. The van der Waals surface area contributed by atoms with Gasteiger partial charge in [0.05, 0.1) is 5.03 Å². The van der Waals surface area contributed by atoms with E-state index in [0.29, 0.717) is 28.8 Å². The minimum absolute atomic E-state index is 0.151. The summed E-state index contributed by atoms with van der Waals surface area (Å²) in [5.74, 6) is 1.78. The zero-order chi connectivity index (χ0) is 24.2. The fourth-order valence-electron chi connectivity index (χ4n) is 4.31. The van der Waals surface area contributed by atoms with Crippen LogP contribution in [0.4, 0.5) is 5.82 Å². The van der Waals surface area contributed by atoms with Crippen molar-refractivity contribution in [2.24, 2.45) is 0 Å². The summed E-state index contributed by atoms with van der Waals surface area (Å²) >= 11 is 1.61. The third-order valence-electron chi connectivity index (χ3n) is 6.21. The highest BCUT2D eigenvalue weighted by atomic mass is 32.2. The van der Waals surface area contributed by atoms with Gasteiger partial charge < -0.3 is 20.7 Å². The predicted octanol–water partition coefficient (Wildman–Crippen LogP) is 5.31. The van der Waals surface area contributed by atoms with Crippen molar-refractivity contribution in [2.75, 3.05) is 18.4 Å². The van der Waals surface area contributed by atoms with E-state index in [9.17, 15) is 4.79 Å². The smallest absolute Gasteiger partial charge is 0.256 e. The monoisotopic (exact) mass is 490 g/mol. The summed E-state index contributed by atoms with van der Waals surface area (Å²) < 4.78 is 6.26. The first kappa shape index (κ1) is 23.4. The van der Waals surface area contributed by atoms with Gasteiger partial charge in [-0.2, -0.15) is 5.10 Å². The van der Waals surface area contributed by atoms with E-state index in [2.05, 4.69) is 51.1 Å². The van der Waals surface area contributed by atoms with Crippen LogP contribution in [0.15, 0.2) is 58.1 Å². The van der Waals surface area contributed by atoms with Gasteiger partial charge in [0.2, 0.25) is 0 Å². The number of piperidine rings is 1. The Labute approximate surface area is 209 Å². The second-order valence-corrected chi connectivity index (χ2v) is 10.2. The first-order valence-electron chi connectivity index (χ1n) is 12.0. The van der Waals surface area contributed by atoms with Crippen LogP contribution in [0.5, 0.6) is 11.5 Å². The van der Waals surface area contributed by atoms with E-state index in [0.717, 1.165) is 55.0 Å². The highest BCUT2D eigenvalue weighted by molar-refractivity contribution is 8.06. The lowest BCUT2D eigenvalue weighted by Gasteiger charge is -2.23. The van der Waals surface area contributed by atoms with Crippen molar-refractivity contribution in [3.63, 3.8) is 0 Å². The summed E-state index contributed by atoms with van der Waals surface area (Å²) in [6, 6.07) is 9.36. The van der Waals surface area contributed by atoms with Crippen LogP contribution in [-0.2, 0) is 0 Å². The van der Waals surface area contributed by atoms with Gasteiger partial charge in [-0.1, -0.05) is 23.9 Å². The molecule has 0 saturated carbocycles. The molecule has 2 aliphatic rings. The first-order chi connectivity index (χ1) is 17.1. The number of fused-ring (bicyclic) bond motifs is 1. The van der Waals surface area contributed by atoms with Crippen molar-refractivity contribution in [3.05, 3.63) is 63.7 Å². The Hall–Kier alpha value is -3.30. The molecular formula is C26H30N6O2S. The largest absolute Gasteiger partial charge is 0.456 e. The van der Waals surface area contributed by atoms with Crippen molar-refractivity contribution >= 4 is 34.5 Å². The van der Waals surface area contributed by atoms with E-state index >= 15 is 0 Å². The summed E-state index contributed by atoms with van der Waals surface area (Å²) in [4.78, 5) is 18.7. The van der Waals surface area contributed by atoms with Gasteiger partial charge in [-0.25, -0.2) is 4.98 Å². The molecule has 5 rings (SSSR count). The number of hydrogen-bond acceptors (Lipinski definition) is 7. The van der Waals surface area contributed by atoms with E-state index in [4.69, 9.17) is 4.74 Å². The number of allylic oxidation sites excluding steroid dienone is 3. The molecule has 9 heteroatoms. The number of aromatic nitrogens is 3. The molecule has 8 nitrogen and oxygen atoms in total. The fourth-order valence-corrected chi connectivity index (χ4v) is 5.25. The SMILES string of the molecule is CC1=CCCC(C)=C(NC(=O)c2cccc(Oc3ccnc4[nH]nc(NC5CCCNC5)c34)c2)S1. The average Bonchev–Trinajstić information content (AvgIpc) is 3.20. The standard InChI is InChI=1S/C26H30N6O2S/c1-16-6-3-7-17(2)35-26(16)30-25(33)18-8-4-10-20(14-18)34-21-11-13-28-23-22(21)24(32-31-23)29-19-9-5-12-27-15-19/h4,7-8,10-11,13-14,19,27H,3,5-6,9,12,15H2,1-2H3,(H,30,33)(H2,28,29,31,32). The van der Waals surface area contributed by atoms with Gasteiger partial charge in [0.25, 0.3) is 5.91 Å². The molecule has 35 heavy (non-hydrogen) atoms. The number of rotatable bonds is 6. The van der Waals surface area contributed by atoms with Crippen LogP contribution < -0.4 is 20.7 Å². The molecule has 1 aromatic carbocycles. The molecule has 3 aromatic rings. The van der Waals surface area contributed by atoms with Crippen LogP contribution in [0.2, 0.25) is 0 Å². The van der Waals surface area contributed by atoms with Crippen LogP contribution in [-0.4, -0.2) is 40.2 Å². The van der Waals surface area contributed by atoms with Crippen LogP contribution in [0.3, 0.4) is 0 Å². The predicted molar refractivity (Wildman–Crippen MR) is 141 cm³/mol. The van der Waals surface area contributed by atoms with E-state index < -0.39 is 0 Å². The molecular weight excluding hydrogens is 460 g/mol. The number of carbonyl (C=O) groups is 1. The third kappa shape index (κ3) is 5.52. The zero-order valence-electron chi connectivity index (χ0n) is 20.0. The molecule has 0 spiro atoms. The maximum absolute atomic E-state index is 13.1. The quantitative estimate of drug-likeness (QED) is 0.371. The Bertz CT molecular complexity index is 1290. The van der Waals surface area contributed by atoms with Crippen LogP contribution >= 0.6 is 11.8 Å². The Morgan fingerprint density at radius 3 is 3.03 bits per heavy atom. The zero-order valence-corrected chi connectivity index (χ0v) is 20.8. The molecule has 1 atom stereocenters. The lowest BCUT2D eigenvalue weighted by atomic mass is 10.1. The second kappa shape index (κ2) is 10.5. The number of amides is 1. The first-order valence-corrected chi connectivity index (χ1v) is 12.8. The Kier molecular flexibility index (Phi) is 7.06. The fraction of sp³-hybridized carbons (Fsp3) is 0.346. The number of carbonyl (C=O) groups excluding carboxylic acids is 1. The van der Waals surface area contributed by atoms with Gasteiger partial charge >= 0.3 is 0 Å². The van der Waals surface area contributed by atoms with Crippen LogP contribution in [0.1, 0.15) is 49.9 Å². The molecule has 0 aliphatic carbocycles. The molecule has 1 saturated heterocycles. The third-order valence-corrected chi connectivity index (χ3v) is 7.36. The van der Waals surface area contributed by atoms with Crippen molar-refractivity contribution in [1.29, 1.82) is 0 Å². The highest BCUT2D eigenvalue weighted by Crippen LogP contribution is 2.34. The number of ether oxygens (including phenoxy) is 1. The highest BCUT2D eigenvalue weighted by Gasteiger charge is 2.19. The van der Waals surface area contributed by atoms with Crippen molar-refractivity contribution < 1.29 is 9.53 Å². The lowest BCUT2D eigenvalue weighted by Crippen LogP contribution is -2.38. The Morgan fingerprint density at radius 2 is 2.17 bits per heavy atom. The lowest BCUT2D eigenvalue weighted by molar-refractivity contribution is 0.0968. The second-order valence-electron chi connectivity index (χ2n) is 8.94. The molecule has 4 N–H and O–H groups in total. The maximum atomic E-state index is 13.1. The molecule has 2 aromatic heterocycles. The molecule has 0 radical (unpaired) electrons. The number of anilines is 1. The molecule has 0 bridgehead atoms. The Morgan fingerprint density at radius 1 is 1.26 bits per heavy atom. The van der Waals surface area contributed by atoms with E-state index in [-0.39, 0.29) is 5.91 Å². The molecule has 4 heterocycles. The average molecular weight is 491 g/mol. The van der Waals surface area contributed by atoms with Crippen molar-refractivity contribution in [1.82, 2.24) is 25.8 Å². The summed E-state index contributed by atoms with van der Waals surface area (Å²) in [5, 5.41) is 19.2. The van der Waals surface area contributed by atoms with Gasteiger partial charge in [-0.05, 0) is 74.8 Å². The van der Waals surface area contributed by atoms with Crippen LogP contribution in [0, 0.1) is 0 Å². The van der Waals surface area contributed by atoms with Crippen molar-refractivity contribution in [2.45, 2.75) is 45.6 Å². The number of aromatic amines is 1. The minimum atomic E-state index is -0.151. The molecule has 1 unspecified atom stereocenters. The number of H-pyrrole nitrogens is 1. The van der Waals surface area contributed by atoms with Crippen molar-refractivity contribution in [3.8, 4) is 11.5 Å². The van der Waals surface area contributed by atoms with Crippen LogP contribution in [0.25, 0.3) is 11.0 Å². The minimum Gasteiger partial charge on any atom is -0.456 e. The molecule has 2 aliphatic heterocycles. The van der Waals surface area contributed by atoms with Gasteiger partial charge in [-0.3, -0.25) is 9.89 Å². The number of thioether (sulfide) groups is 1. The summed E-state index contributed by atoms with van der Waals surface area (Å²) in [7, 11) is 0. The van der Waals surface area contributed by atoms with E-state index in [1.807, 2.05) is 18.2 Å². The molecule has 1 amide bonds. The number of nitrogens with one attached hydrogen (secondary N) is 4. The number of nitrogens with zero attached hydrogens (tertiary/aromatic N) is 2. The Balaban J connectivity index is 1.36. The van der Waals surface area contributed by atoms with Gasteiger partial charge in [0.15, 0.2) is 11.5 Å². The summed E-state index contributed by atoms with van der Waals surface area (Å²) in [6.07, 6.45) is 8.04. The normalized spacial score (nSPS) is 18.7. The maximum Gasteiger partial charge on any atom is 0.256 e. The summed E-state index contributed by atoms with van der Waals surface area (Å²) in [6.45, 7) is 6.09. The topological polar surface area (TPSA) is 104 Å². The molecule has 182 valence electrons. The number of pyridine rings is 1. The van der Waals surface area contributed by atoms with E-state index in [1.165, 1.54) is 10.5 Å². The number of benzene rings is 1. The van der Waals surface area contributed by atoms with Gasteiger partial charge in [0.1, 0.15) is 16.9 Å². The van der Waals surface area contributed by atoms with Gasteiger partial charge in [-0.15, -0.1) is 0 Å². The van der Waals surface area contributed by atoms with E-state index in [1.54, 1.807) is 30.1 Å². The number of hydrogen-bond donors (Lipinski definition) is 4. The summed E-state index contributed by atoms with van der Waals surface area (Å²) in [5.41, 5.74) is 2.38. The van der Waals surface area contributed by atoms with Gasteiger partial charge in [0, 0.05) is 30.4 Å².